The Morgan fingerprint density at radius 2 is 1.29 bits per heavy atom. The SMILES string of the molecule is C[SiH](C)C1=CCC(c2cc(C(F)(F)F)cc(C(F)(F)F)c2)=C1c1ccccc1. The van der Waals surface area contributed by atoms with E-state index in [1.54, 1.807) is 0 Å². The molecule has 0 atom stereocenters. The standard InChI is InChI=1S/C21H18F6Si/c1-28(2)18-9-8-17(19(18)13-6-4-3-5-7-13)14-10-15(20(22,23)24)12-16(11-14)21(25,26)27/h3-7,9-12,28H,8H2,1-2H3. The lowest BCUT2D eigenvalue weighted by Crippen LogP contribution is -2.12. The van der Waals surface area contributed by atoms with Crippen LogP contribution in [0.2, 0.25) is 13.1 Å². The van der Waals surface area contributed by atoms with E-state index in [0.717, 1.165) is 28.5 Å². The van der Waals surface area contributed by atoms with Gasteiger partial charge in [-0.3, -0.25) is 0 Å². The molecule has 0 saturated carbocycles. The van der Waals surface area contributed by atoms with Crippen molar-refractivity contribution in [1.82, 2.24) is 0 Å². The zero-order valence-electron chi connectivity index (χ0n) is 15.2. The molecule has 2 aromatic carbocycles. The summed E-state index contributed by atoms with van der Waals surface area (Å²) in [5.74, 6) is 0. The Kier molecular flexibility index (Phi) is 5.31. The molecule has 1 aliphatic rings. The number of allylic oxidation sites excluding steroid dienone is 4. The van der Waals surface area contributed by atoms with E-state index >= 15 is 0 Å². The molecular formula is C21H18F6Si. The van der Waals surface area contributed by atoms with Gasteiger partial charge < -0.3 is 0 Å². The Hall–Kier alpha value is -2.28. The second-order valence-electron chi connectivity index (χ2n) is 7.03. The van der Waals surface area contributed by atoms with Gasteiger partial charge in [-0.05, 0) is 46.9 Å². The van der Waals surface area contributed by atoms with Crippen LogP contribution in [-0.4, -0.2) is 8.80 Å². The molecule has 0 nitrogen and oxygen atoms in total. The van der Waals surface area contributed by atoms with Crippen molar-refractivity contribution in [2.45, 2.75) is 31.9 Å². The van der Waals surface area contributed by atoms with Crippen LogP contribution in [0.15, 0.2) is 59.8 Å². The molecule has 0 bridgehead atoms. The van der Waals surface area contributed by atoms with E-state index < -0.39 is 32.3 Å². The fourth-order valence-corrected chi connectivity index (χ4v) is 4.96. The quantitative estimate of drug-likeness (QED) is 0.376. The number of alkyl halides is 6. The summed E-state index contributed by atoms with van der Waals surface area (Å²) in [6, 6.07) is 10.9. The molecule has 0 radical (unpaired) electrons. The summed E-state index contributed by atoms with van der Waals surface area (Å²) in [7, 11) is -1.35. The van der Waals surface area contributed by atoms with Crippen LogP contribution in [-0.2, 0) is 12.4 Å². The van der Waals surface area contributed by atoms with Crippen LogP contribution in [0.4, 0.5) is 26.3 Å². The normalized spacial score (nSPS) is 15.4. The Morgan fingerprint density at radius 3 is 1.75 bits per heavy atom. The minimum atomic E-state index is -4.86. The molecule has 0 aromatic heterocycles. The summed E-state index contributed by atoms with van der Waals surface area (Å²) in [4.78, 5) is 0. The molecular weight excluding hydrogens is 394 g/mol. The molecule has 1 aliphatic carbocycles. The Labute approximate surface area is 160 Å². The topological polar surface area (TPSA) is 0 Å². The monoisotopic (exact) mass is 412 g/mol. The molecule has 3 rings (SSSR count). The maximum absolute atomic E-state index is 13.3. The van der Waals surface area contributed by atoms with Gasteiger partial charge in [-0.15, -0.1) is 0 Å². The molecule has 0 heterocycles. The third-order valence-corrected chi connectivity index (χ3v) is 6.51. The van der Waals surface area contributed by atoms with Gasteiger partial charge in [-0.1, -0.05) is 54.7 Å². The maximum atomic E-state index is 13.3. The van der Waals surface area contributed by atoms with Crippen LogP contribution in [0.1, 0.15) is 28.7 Å². The van der Waals surface area contributed by atoms with Gasteiger partial charge in [-0.2, -0.15) is 26.3 Å². The molecule has 0 aliphatic heterocycles. The van der Waals surface area contributed by atoms with Crippen molar-refractivity contribution >= 4 is 19.9 Å². The van der Waals surface area contributed by atoms with Crippen LogP contribution >= 0.6 is 0 Å². The average molecular weight is 412 g/mol. The highest BCUT2D eigenvalue weighted by Crippen LogP contribution is 2.44. The van der Waals surface area contributed by atoms with Crippen molar-refractivity contribution in [1.29, 1.82) is 0 Å². The molecule has 148 valence electrons. The third kappa shape index (κ3) is 4.09. The van der Waals surface area contributed by atoms with Crippen molar-refractivity contribution in [3.05, 3.63) is 82.1 Å². The summed E-state index contributed by atoms with van der Waals surface area (Å²) in [6.45, 7) is 4.18. The first-order valence-corrected chi connectivity index (χ1v) is 11.7. The molecule has 0 spiro atoms. The summed E-state index contributed by atoms with van der Waals surface area (Å²) in [5, 5.41) is 1.06. The van der Waals surface area contributed by atoms with Gasteiger partial charge in [0.1, 0.15) is 0 Å². The fourth-order valence-electron chi connectivity index (χ4n) is 3.45. The van der Waals surface area contributed by atoms with Gasteiger partial charge in [0.25, 0.3) is 0 Å². The van der Waals surface area contributed by atoms with Crippen LogP contribution in [0.3, 0.4) is 0 Å². The molecule has 0 unspecified atom stereocenters. The third-order valence-electron chi connectivity index (χ3n) is 4.74. The Balaban J connectivity index is 2.27. The molecule has 2 aromatic rings. The van der Waals surface area contributed by atoms with Crippen LogP contribution in [0, 0.1) is 0 Å². The Bertz CT molecular complexity index is 901. The summed E-state index contributed by atoms with van der Waals surface area (Å²) in [5.41, 5.74) is -0.496. The number of halogens is 6. The maximum Gasteiger partial charge on any atom is 0.416 e. The fraction of sp³-hybridized carbons (Fsp3) is 0.238. The van der Waals surface area contributed by atoms with E-state index in [1.807, 2.05) is 36.4 Å². The molecule has 28 heavy (non-hydrogen) atoms. The molecule has 0 saturated heterocycles. The highest BCUT2D eigenvalue weighted by molar-refractivity contribution is 6.68. The van der Waals surface area contributed by atoms with Crippen molar-refractivity contribution in [3.8, 4) is 0 Å². The number of benzene rings is 2. The predicted molar refractivity (Wildman–Crippen MR) is 101 cm³/mol. The lowest BCUT2D eigenvalue weighted by molar-refractivity contribution is -0.143. The highest BCUT2D eigenvalue weighted by Gasteiger charge is 2.37. The highest BCUT2D eigenvalue weighted by atomic mass is 28.3. The number of hydrogen-bond donors (Lipinski definition) is 0. The predicted octanol–water partition coefficient (Wildman–Crippen LogP) is 6.99. The summed E-state index contributed by atoms with van der Waals surface area (Å²) in [6.07, 6.45) is -7.44. The van der Waals surface area contributed by atoms with Crippen molar-refractivity contribution in [2.75, 3.05) is 0 Å². The second kappa shape index (κ2) is 7.27. The van der Waals surface area contributed by atoms with Crippen LogP contribution < -0.4 is 0 Å². The van der Waals surface area contributed by atoms with Crippen molar-refractivity contribution in [2.24, 2.45) is 0 Å². The first kappa shape index (κ1) is 20.5. The molecule has 0 amide bonds. The first-order valence-electron chi connectivity index (χ1n) is 8.77. The van der Waals surface area contributed by atoms with E-state index in [9.17, 15) is 26.3 Å². The van der Waals surface area contributed by atoms with E-state index in [4.69, 9.17) is 0 Å². The van der Waals surface area contributed by atoms with Crippen molar-refractivity contribution < 1.29 is 26.3 Å². The van der Waals surface area contributed by atoms with E-state index in [-0.39, 0.29) is 11.6 Å². The number of hydrogen-bond acceptors (Lipinski definition) is 0. The van der Waals surface area contributed by atoms with Crippen LogP contribution in [0.5, 0.6) is 0 Å². The van der Waals surface area contributed by atoms with Gasteiger partial charge in [0, 0.05) is 0 Å². The molecule has 7 heteroatoms. The van der Waals surface area contributed by atoms with Gasteiger partial charge in [0.2, 0.25) is 0 Å². The zero-order valence-corrected chi connectivity index (χ0v) is 16.4. The lowest BCUT2D eigenvalue weighted by Gasteiger charge is -2.18. The average Bonchev–Trinajstić information content (AvgIpc) is 3.06. The largest absolute Gasteiger partial charge is 0.416 e. The Morgan fingerprint density at radius 1 is 0.750 bits per heavy atom. The zero-order chi connectivity index (χ0) is 20.7. The lowest BCUT2D eigenvalue weighted by atomic mass is 9.93. The smallest absolute Gasteiger partial charge is 0.166 e. The minimum Gasteiger partial charge on any atom is -0.166 e. The van der Waals surface area contributed by atoms with Gasteiger partial charge in [0.15, 0.2) is 0 Å². The summed E-state index contributed by atoms with van der Waals surface area (Å²) >= 11 is 0. The molecule has 0 fully saturated rings. The molecule has 0 N–H and O–H groups in total. The van der Waals surface area contributed by atoms with Gasteiger partial charge in [0.05, 0.1) is 19.9 Å². The first-order chi connectivity index (χ1) is 13.0. The summed E-state index contributed by atoms with van der Waals surface area (Å²) < 4.78 is 79.6. The van der Waals surface area contributed by atoms with Crippen LogP contribution in [0.25, 0.3) is 11.1 Å². The second-order valence-corrected chi connectivity index (χ2v) is 9.96. The minimum absolute atomic E-state index is 0.0260. The van der Waals surface area contributed by atoms with Gasteiger partial charge in [-0.25, -0.2) is 0 Å². The van der Waals surface area contributed by atoms with E-state index in [1.165, 1.54) is 0 Å². The van der Waals surface area contributed by atoms with E-state index in [0.29, 0.717) is 12.0 Å². The van der Waals surface area contributed by atoms with Gasteiger partial charge >= 0.3 is 12.4 Å². The number of rotatable bonds is 3. The van der Waals surface area contributed by atoms with E-state index in [2.05, 4.69) is 13.1 Å². The van der Waals surface area contributed by atoms with Crippen molar-refractivity contribution in [3.63, 3.8) is 0 Å².